The molecule has 6 nitrogen and oxygen atoms in total. The lowest BCUT2D eigenvalue weighted by atomic mass is 10.1. The van der Waals surface area contributed by atoms with E-state index >= 15 is 0 Å². The van der Waals surface area contributed by atoms with Gasteiger partial charge in [-0.2, -0.15) is 0 Å². The molecule has 1 aromatic rings. The number of nitrogens with two attached hydrogens (primary N) is 1. The van der Waals surface area contributed by atoms with Crippen LogP contribution >= 0.6 is 0 Å². The molecule has 0 radical (unpaired) electrons. The molecule has 1 fully saturated rings. The molecule has 1 saturated heterocycles. The van der Waals surface area contributed by atoms with Crippen LogP contribution in [0.5, 0.6) is 0 Å². The van der Waals surface area contributed by atoms with Gasteiger partial charge in [0.1, 0.15) is 11.5 Å². The number of anilines is 1. The molecule has 3 N–H and O–H groups in total. The molecule has 0 aliphatic carbocycles. The molecule has 0 unspecified atom stereocenters. The zero-order valence-electron chi connectivity index (χ0n) is 10.6. The summed E-state index contributed by atoms with van der Waals surface area (Å²) in [7, 11) is 0. The van der Waals surface area contributed by atoms with Crippen LogP contribution in [-0.2, 0) is 4.74 Å². The van der Waals surface area contributed by atoms with Gasteiger partial charge in [-0.05, 0) is 19.8 Å². The molecule has 98 valence electrons. The van der Waals surface area contributed by atoms with Gasteiger partial charge >= 0.3 is 0 Å². The Kier molecular flexibility index (Phi) is 4.09. The van der Waals surface area contributed by atoms with Crippen molar-refractivity contribution in [2.75, 3.05) is 24.6 Å². The number of hydrogen-bond donors (Lipinski definition) is 2. The highest BCUT2D eigenvalue weighted by Gasteiger charge is 2.23. The van der Waals surface area contributed by atoms with E-state index in [2.05, 4.69) is 14.9 Å². The van der Waals surface area contributed by atoms with E-state index in [4.69, 9.17) is 15.9 Å². The fraction of sp³-hybridized carbons (Fsp3) is 0.583. The number of nitrogens with one attached hydrogen (secondary N) is 1. The van der Waals surface area contributed by atoms with E-state index in [-0.39, 0.29) is 5.84 Å². The Hall–Kier alpha value is -1.69. The van der Waals surface area contributed by atoms with Crippen LogP contribution in [0.25, 0.3) is 0 Å². The Morgan fingerprint density at radius 1 is 1.44 bits per heavy atom. The molecule has 2 heterocycles. The first-order valence-corrected chi connectivity index (χ1v) is 6.24. The fourth-order valence-corrected chi connectivity index (χ4v) is 2.22. The van der Waals surface area contributed by atoms with Gasteiger partial charge in [0.25, 0.3) is 0 Å². The third-order valence-corrected chi connectivity index (χ3v) is 3.08. The first kappa shape index (κ1) is 12.8. The molecule has 1 aliphatic rings. The lowest BCUT2D eigenvalue weighted by Crippen LogP contribution is -2.38. The molecule has 18 heavy (non-hydrogen) atoms. The van der Waals surface area contributed by atoms with Gasteiger partial charge in [-0.15, -0.1) is 0 Å². The fourth-order valence-electron chi connectivity index (χ4n) is 2.22. The molecule has 0 aromatic carbocycles. The third-order valence-electron chi connectivity index (χ3n) is 3.08. The van der Waals surface area contributed by atoms with Crippen LogP contribution in [0.4, 0.5) is 5.82 Å². The number of aromatic nitrogens is 2. The summed E-state index contributed by atoms with van der Waals surface area (Å²) in [6.45, 7) is 4.50. The largest absolute Gasteiger partial charge is 0.382 e. The van der Waals surface area contributed by atoms with Gasteiger partial charge in [0.05, 0.1) is 6.10 Å². The average molecular weight is 249 g/mol. The second-order valence-corrected chi connectivity index (χ2v) is 4.28. The molecule has 0 atom stereocenters. The SMILES string of the molecule is CCOC1CCN(c2nccnc2C(=N)N)CC1. The minimum Gasteiger partial charge on any atom is -0.382 e. The van der Waals surface area contributed by atoms with E-state index in [0.717, 1.165) is 32.5 Å². The summed E-state index contributed by atoms with van der Waals surface area (Å²) in [5.41, 5.74) is 5.99. The van der Waals surface area contributed by atoms with Crippen molar-refractivity contribution in [2.45, 2.75) is 25.9 Å². The summed E-state index contributed by atoms with van der Waals surface area (Å²) in [5.74, 6) is 0.671. The van der Waals surface area contributed by atoms with Crippen LogP contribution < -0.4 is 10.6 Å². The zero-order valence-corrected chi connectivity index (χ0v) is 10.6. The molecule has 0 spiro atoms. The summed E-state index contributed by atoms with van der Waals surface area (Å²) in [6.07, 6.45) is 5.48. The molecule has 1 aromatic heterocycles. The molecule has 0 amide bonds. The van der Waals surface area contributed by atoms with Crippen molar-refractivity contribution < 1.29 is 4.74 Å². The molecule has 1 aliphatic heterocycles. The van der Waals surface area contributed by atoms with Crippen LogP contribution in [-0.4, -0.2) is 41.6 Å². The summed E-state index contributed by atoms with van der Waals surface area (Å²) >= 11 is 0. The highest BCUT2D eigenvalue weighted by atomic mass is 16.5. The predicted octanol–water partition coefficient (Wildman–Crippen LogP) is 0.766. The van der Waals surface area contributed by atoms with E-state index in [1.807, 2.05) is 6.92 Å². The number of ether oxygens (including phenoxy) is 1. The van der Waals surface area contributed by atoms with Crippen molar-refractivity contribution in [3.8, 4) is 0 Å². The van der Waals surface area contributed by atoms with Crippen molar-refractivity contribution >= 4 is 11.7 Å². The second-order valence-electron chi connectivity index (χ2n) is 4.28. The van der Waals surface area contributed by atoms with Gasteiger partial charge in [0, 0.05) is 32.1 Å². The predicted molar refractivity (Wildman–Crippen MR) is 69.9 cm³/mol. The molecular weight excluding hydrogens is 230 g/mol. The minimum atomic E-state index is -0.0370. The molecular formula is C12H19N5O. The minimum absolute atomic E-state index is 0.0370. The lowest BCUT2D eigenvalue weighted by Gasteiger charge is -2.33. The quantitative estimate of drug-likeness (QED) is 0.607. The highest BCUT2D eigenvalue weighted by molar-refractivity contribution is 5.97. The van der Waals surface area contributed by atoms with Gasteiger partial charge in [-0.25, -0.2) is 9.97 Å². The highest BCUT2D eigenvalue weighted by Crippen LogP contribution is 2.21. The van der Waals surface area contributed by atoms with Gasteiger partial charge in [0.2, 0.25) is 0 Å². The molecule has 2 rings (SSSR count). The summed E-state index contributed by atoms with van der Waals surface area (Å²) < 4.78 is 5.62. The standard InChI is InChI=1S/C12H19N5O/c1-2-18-9-3-7-17(8-4-9)12-10(11(13)14)15-5-6-16-12/h5-6,9H,2-4,7-8H2,1H3,(H3,13,14). The van der Waals surface area contributed by atoms with Crippen LogP contribution in [0, 0.1) is 5.41 Å². The summed E-state index contributed by atoms with van der Waals surface area (Å²) in [6, 6.07) is 0. The topological polar surface area (TPSA) is 88.1 Å². The van der Waals surface area contributed by atoms with Crippen LogP contribution in [0.3, 0.4) is 0 Å². The van der Waals surface area contributed by atoms with Gasteiger partial charge in [-0.1, -0.05) is 0 Å². The van der Waals surface area contributed by atoms with E-state index < -0.39 is 0 Å². The number of nitrogens with zero attached hydrogens (tertiary/aromatic N) is 3. The van der Waals surface area contributed by atoms with Gasteiger partial charge in [0.15, 0.2) is 5.82 Å². The second kappa shape index (κ2) is 5.77. The van der Waals surface area contributed by atoms with E-state index in [1.54, 1.807) is 12.4 Å². The van der Waals surface area contributed by atoms with Crippen LogP contribution in [0.1, 0.15) is 25.5 Å². The average Bonchev–Trinajstić information content (AvgIpc) is 2.40. The first-order chi connectivity index (χ1) is 8.72. The summed E-state index contributed by atoms with van der Waals surface area (Å²) in [5, 5.41) is 7.52. The number of rotatable bonds is 4. The van der Waals surface area contributed by atoms with Crippen LogP contribution in [0.2, 0.25) is 0 Å². The van der Waals surface area contributed by atoms with Gasteiger partial charge in [-0.3, -0.25) is 5.41 Å². The number of hydrogen-bond acceptors (Lipinski definition) is 5. The Bertz CT molecular complexity index is 415. The number of nitrogen functional groups attached to an aromatic ring is 1. The Labute approximate surface area is 107 Å². The summed E-state index contributed by atoms with van der Waals surface area (Å²) in [4.78, 5) is 10.5. The maximum Gasteiger partial charge on any atom is 0.158 e. The number of amidine groups is 1. The maximum absolute atomic E-state index is 7.52. The van der Waals surface area contributed by atoms with Crippen molar-refractivity contribution in [3.63, 3.8) is 0 Å². The Balaban J connectivity index is 2.07. The smallest absolute Gasteiger partial charge is 0.158 e. The van der Waals surface area contributed by atoms with Crippen molar-refractivity contribution in [1.29, 1.82) is 5.41 Å². The Morgan fingerprint density at radius 3 is 2.72 bits per heavy atom. The van der Waals surface area contributed by atoms with E-state index in [1.165, 1.54) is 0 Å². The monoisotopic (exact) mass is 249 g/mol. The number of piperidine rings is 1. The van der Waals surface area contributed by atoms with E-state index in [0.29, 0.717) is 17.6 Å². The molecule has 0 saturated carbocycles. The third kappa shape index (κ3) is 2.76. The maximum atomic E-state index is 7.52. The van der Waals surface area contributed by atoms with Crippen molar-refractivity contribution in [1.82, 2.24) is 9.97 Å². The molecule has 6 heteroatoms. The van der Waals surface area contributed by atoms with Crippen molar-refractivity contribution in [2.24, 2.45) is 5.73 Å². The zero-order chi connectivity index (χ0) is 13.0. The van der Waals surface area contributed by atoms with Crippen LogP contribution in [0.15, 0.2) is 12.4 Å². The van der Waals surface area contributed by atoms with Gasteiger partial charge < -0.3 is 15.4 Å². The van der Waals surface area contributed by atoms with E-state index in [9.17, 15) is 0 Å². The Morgan fingerprint density at radius 2 is 2.11 bits per heavy atom. The lowest BCUT2D eigenvalue weighted by molar-refractivity contribution is 0.0458. The van der Waals surface area contributed by atoms with Crippen molar-refractivity contribution in [3.05, 3.63) is 18.1 Å². The first-order valence-electron chi connectivity index (χ1n) is 6.24. The molecule has 0 bridgehead atoms. The normalized spacial score (nSPS) is 16.8.